The summed E-state index contributed by atoms with van der Waals surface area (Å²) in [4.78, 5) is 37.2. The van der Waals surface area contributed by atoms with Crippen molar-refractivity contribution in [1.29, 1.82) is 0 Å². The maximum atomic E-state index is 10.3. The molecule has 0 radical (unpaired) electrons. The van der Waals surface area contributed by atoms with Crippen LogP contribution in [-0.4, -0.2) is 85.2 Å². The van der Waals surface area contributed by atoms with Crippen molar-refractivity contribution < 1.29 is 44.3 Å². The molecule has 1 aliphatic rings. The number of ether oxygens (including phenoxy) is 2. The van der Waals surface area contributed by atoms with Crippen molar-refractivity contribution in [2.24, 2.45) is 0 Å². The zero-order valence-corrected chi connectivity index (χ0v) is 25.1. The average Bonchev–Trinajstić information content (AvgIpc) is 2.86. The van der Waals surface area contributed by atoms with Crippen LogP contribution in [0.2, 0.25) is 0 Å². The molecule has 0 atom stereocenters. The number of rotatable bonds is 12. The Morgan fingerprint density at radius 1 is 0.905 bits per heavy atom. The molecule has 12 heteroatoms. The predicted molar refractivity (Wildman–Crippen MR) is 154 cm³/mol. The number of hydrogen-bond acceptors (Lipinski definition) is 9. The highest BCUT2D eigenvalue weighted by atomic mass is 16.5. The minimum Gasteiger partial charge on any atom is -0.496 e. The molecule has 232 valence electrons. The number of aliphatic carboxylic acids is 3. The van der Waals surface area contributed by atoms with Gasteiger partial charge in [-0.3, -0.25) is 19.5 Å². The number of hydrogen-bond donors (Lipinski definition) is 5. The van der Waals surface area contributed by atoms with E-state index in [1.165, 1.54) is 5.56 Å². The van der Waals surface area contributed by atoms with Crippen molar-refractivity contribution >= 4 is 17.9 Å². The summed E-state index contributed by atoms with van der Waals surface area (Å²) in [5.41, 5.74) is -0.220. The number of nitrogens with one attached hydrogen (secondary N) is 1. The average molecular weight is 590 g/mol. The Morgan fingerprint density at radius 2 is 1.38 bits per heavy atom. The van der Waals surface area contributed by atoms with Crippen LogP contribution in [0.5, 0.6) is 11.5 Å². The summed E-state index contributed by atoms with van der Waals surface area (Å²) >= 11 is 0. The Kier molecular flexibility index (Phi) is 11.8. The largest absolute Gasteiger partial charge is 0.496 e. The van der Waals surface area contributed by atoms with Gasteiger partial charge in [-0.2, -0.15) is 0 Å². The van der Waals surface area contributed by atoms with E-state index in [1.807, 2.05) is 30.6 Å². The number of carboxylic acid groups (broad SMARTS) is 3. The lowest BCUT2D eigenvalue weighted by atomic mass is 9.78. The van der Waals surface area contributed by atoms with Crippen molar-refractivity contribution in [3.05, 3.63) is 53.9 Å². The summed E-state index contributed by atoms with van der Waals surface area (Å²) in [5, 5.41) is 37.6. The standard InChI is InChI=1S/C24H35N3O2.C6H8O7/c1-23(2)14-19(15-24(3,4)26-23)27(16-18-10-12-25-13-11-18)17-20-21(28-5)8-7-9-22(20)29-6;7-3(8)1-6(13,5(11)12)2-4(9)10/h7-13,19,26H,14-17H2,1-6H3;13H,1-2H2,(H,7,8)(H,9,10)(H,11,12). The summed E-state index contributed by atoms with van der Waals surface area (Å²) < 4.78 is 11.4. The smallest absolute Gasteiger partial charge is 0.336 e. The van der Waals surface area contributed by atoms with Crippen LogP contribution in [0.25, 0.3) is 0 Å². The van der Waals surface area contributed by atoms with E-state index in [0.29, 0.717) is 6.04 Å². The quantitative estimate of drug-likeness (QED) is 0.245. The van der Waals surface area contributed by atoms with Gasteiger partial charge < -0.3 is 35.2 Å². The van der Waals surface area contributed by atoms with Crippen LogP contribution in [0.1, 0.15) is 64.5 Å². The van der Waals surface area contributed by atoms with Crippen molar-refractivity contribution in [2.45, 2.75) is 89.2 Å². The Hall–Kier alpha value is -3.74. The minimum atomic E-state index is -2.74. The Bertz CT molecular complexity index is 1160. The summed E-state index contributed by atoms with van der Waals surface area (Å²) in [5.74, 6) is -3.28. The number of methoxy groups -OCH3 is 2. The lowest BCUT2D eigenvalue weighted by Crippen LogP contribution is -2.62. The first kappa shape index (κ1) is 34.5. The zero-order valence-electron chi connectivity index (χ0n) is 25.1. The molecule has 0 bridgehead atoms. The highest BCUT2D eigenvalue weighted by Gasteiger charge is 2.41. The molecule has 0 amide bonds. The van der Waals surface area contributed by atoms with Crippen LogP contribution in [-0.2, 0) is 27.5 Å². The van der Waals surface area contributed by atoms with E-state index >= 15 is 0 Å². The number of carboxylic acids is 3. The van der Waals surface area contributed by atoms with Gasteiger partial charge >= 0.3 is 17.9 Å². The number of aromatic nitrogens is 1. The number of pyridine rings is 1. The normalized spacial score (nSPS) is 16.2. The van der Waals surface area contributed by atoms with Gasteiger partial charge in [-0.1, -0.05) is 6.07 Å². The fourth-order valence-corrected chi connectivity index (χ4v) is 5.56. The van der Waals surface area contributed by atoms with Crippen LogP contribution in [0.15, 0.2) is 42.7 Å². The van der Waals surface area contributed by atoms with Crippen LogP contribution >= 0.6 is 0 Å². The predicted octanol–water partition coefficient (Wildman–Crippen LogP) is 3.16. The van der Waals surface area contributed by atoms with Crippen LogP contribution in [0.3, 0.4) is 0 Å². The number of aliphatic hydroxyl groups is 1. The van der Waals surface area contributed by atoms with Gasteiger partial charge in [-0.15, -0.1) is 0 Å². The van der Waals surface area contributed by atoms with Crippen molar-refractivity contribution in [2.75, 3.05) is 14.2 Å². The molecule has 42 heavy (non-hydrogen) atoms. The lowest BCUT2D eigenvalue weighted by molar-refractivity contribution is -0.170. The first-order chi connectivity index (χ1) is 19.5. The molecule has 12 nitrogen and oxygen atoms in total. The van der Waals surface area contributed by atoms with E-state index in [4.69, 9.17) is 29.9 Å². The van der Waals surface area contributed by atoms with Crippen molar-refractivity contribution in [1.82, 2.24) is 15.2 Å². The zero-order chi connectivity index (χ0) is 31.7. The monoisotopic (exact) mass is 589 g/mol. The van der Waals surface area contributed by atoms with E-state index in [2.05, 4.69) is 55.0 Å². The first-order valence-corrected chi connectivity index (χ1v) is 13.5. The molecule has 1 aromatic heterocycles. The number of carbonyl (C=O) groups is 3. The van der Waals surface area contributed by atoms with Gasteiger partial charge in [0.1, 0.15) is 11.5 Å². The molecule has 0 aliphatic carbocycles. The van der Waals surface area contributed by atoms with Gasteiger partial charge in [0.2, 0.25) is 0 Å². The summed E-state index contributed by atoms with van der Waals surface area (Å²) in [6.45, 7) is 10.8. The molecule has 1 fully saturated rings. The second kappa shape index (κ2) is 14.4. The molecule has 3 rings (SSSR count). The second-order valence-corrected chi connectivity index (χ2v) is 11.8. The molecule has 2 aromatic rings. The molecule has 2 heterocycles. The molecule has 5 N–H and O–H groups in total. The van der Waals surface area contributed by atoms with E-state index in [-0.39, 0.29) is 11.1 Å². The Labute approximate surface area is 246 Å². The van der Waals surface area contributed by atoms with Crippen LogP contribution in [0, 0.1) is 0 Å². The summed E-state index contributed by atoms with van der Waals surface area (Å²) in [6.07, 6.45) is 3.61. The van der Waals surface area contributed by atoms with Gasteiger partial charge in [0.05, 0.1) is 32.6 Å². The molecule has 1 aliphatic heterocycles. The second-order valence-electron chi connectivity index (χ2n) is 11.8. The van der Waals surface area contributed by atoms with Gasteiger partial charge in [0, 0.05) is 42.6 Å². The third-order valence-corrected chi connectivity index (χ3v) is 7.00. The molecule has 1 saturated heterocycles. The van der Waals surface area contributed by atoms with E-state index < -0.39 is 36.4 Å². The van der Waals surface area contributed by atoms with Gasteiger partial charge in [0.15, 0.2) is 5.60 Å². The van der Waals surface area contributed by atoms with Gasteiger partial charge in [-0.25, -0.2) is 4.79 Å². The lowest BCUT2D eigenvalue weighted by Gasteiger charge is -2.50. The number of benzene rings is 1. The van der Waals surface area contributed by atoms with E-state index in [9.17, 15) is 14.4 Å². The maximum Gasteiger partial charge on any atom is 0.336 e. The maximum absolute atomic E-state index is 10.3. The third-order valence-electron chi connectivity index (χ3n) is 7.00. The van der Waals surface area contributed by atoms with E-state index in [0.717, 1.165) is 43.0 Å². The van der Waals surface area contributed by atoms with Gasteiger partial charge in [0.25, 0.3) is 0 Å². The molecule has 0 unspecified atom stereocenters. The molecule has 1 aromatic carbocycles. The fraction of sp³-hybridized carbons (Fsp3) is 0.533. The van der Waals surface area contributed by atoms with Crippen LogP contribution < -0.4 is 14.8 Å². The molecule has 0 spiro atoms. The van der Waals surface area contributed by atoms with Crippen molar-refractivity contribution in [3.63, 3.8) is 0 Å². The van der Waals surface area contributed by atoms with E-state index in [1.54, 1.807) is 14.2 Å². The Balaban J connectivity index is 0.000000401. The third kappa shape index (κ3) is 10.3. The topological polar surface area (TPSA) is 179 Å². The van der Waals surface area contributed by atoms with Crippen molar-refractivity contribution in [3.8, 4) is 11.5 Å². The highest BCUT2D eigenvalue weighted by Crippen LogP contribution is 2.36. The molecular weight excluding hydrogens is 546 g/mol. The summed E-state index contributed by atoms with van der Waals surface area (Å²) in [6, 6.07) is 10.6. The van der Waals surface area contributed by atoms with Crippen LogP contribution in [0.4, 0.5) is 0 Å². The SMILES string of the molecule is COc1cccc(OC)c1CN(Cc1ccncc1)C1CC(C)(C)NC(C)(C)C1.O=C(O)CC(O)(CC(=O)O)C(=O)O. The Morgan fingerprint density at radius 3 is 1.79 bits per heavy atom. The first-order valence-electron chi connectivity index (χ1n) is 13.5. The highest BCUT2D eigenvalue weighted by molar-refractivity contribution is 5.88. The summed E-state index contributed by atoms with van der Waals surface area (Å²) in [7, 11) is 3.45. The minimum absolute atomic E-state index is 0.0772. The van der Waals surface area contributed by atoms with Gasteiger partial charge in [-0.05, 0) is 70.4 Å². The fourth-order valence-electron chi connectivity index (χ4n) is 5.56. The number of piperidine rings is 1. The molecule has 0 saturated carbocycles. The molecular formula is C30H43N3O9. The number of nitrogens with zero attached hydrogens (tertiary/aromatic N) is 2.